The van der Waals surface area contributed by atoms with Crippen LogP contribution in [-0.4, -0.2) is 34.8 Å². The van der Waals surface area contributed by atoms with Crippen molar-refractivity contribution < 1.29 is 9.59 Å². The molecule has 4 nitrogen and oxygen atoms in total. The van der Waals surface area contributed by atoms with Gasteiger partial charge in [-0.2, -0.15) is 0 Å². The van der Waals surface area contributed by atoms with E-state index in [-0.39, 0.29) is 24.4 Å². The zero-order valence-electron chi connectivity index (χ0n) is 12.4. The van der Waals surface area contributed by atoms with Gasteiger partial charge in [-0.15, -0.1) is 0 Å². The first kappa shape index (κ1) is 14.4. The number of rotatable bonds is 3. The number of hydrogen-bond acceptors (Lipinski definition) is 2. The number of piperazine rings is 1. The van der Waals surface area contributed by atoms with Crippen molar-refractivity contribution in [1.29, 1.82) is 0 Å². The van der Waals surface area contributed by atoms with Crippen LogP contribution >= 0.6 is 0 Å². The van der Waals surface area contributed by atoms with E-state index in [4.69, 9.17) is 0 Å². The van der Waals surface area contributed by atoms with Gasteiger partial charge in [0.2, 0.25) is 11.8 Å². The lowest BCUT2D eigenvalue weighted by Gasteiger charge is -2.45. The lowest BCUT2D eigenvalue weighted by atomic mass is 9.82. The van der Waals surface area contributed by atoms with Crippen LogP contribution in [0, 0.1) is 5.92 Å². The van der Waals surface area contributed by atoms with Gasteiger partial charge in [0.1, 0.15) is 5.54 Å². The molecule has 3 atom stereocenters. The van der Waals surface area contributed by atoms with Gasteiger partial charge in [-0.3, -0.25) is 9.59 Å². The molecule has 3 unspecified atom stereocenters. The number of hydrogen-bond donors (Lipinski definition) is 1. The Balaban J connectivity index is 2.13. The Bertz CT molecular complexity index is 369. The second kappa shape index (κ2) is 5.51. The molecule has 0 radical (unpaired) electrons. The van der Waals surface area contributed by atoms with Crippen molar-refractivity contribution in [2.45, 2.75) is 70.9 Å². The van der Waals surface area contributed by atoms with Crippen LogP contribution in [0.15, 0.2) is 0 Å². The molecule has 1 saturated heterocycles. The standard InChI is InChI=1S/C15H26N2O2/c1-4-11-7-6-8-12(9-11)17-10-13(18)16-15(3,5-2)14(17)19/h11-12H,4-10H2,1-3H3,(H,16,18). The second-order valence-corrected chi connectivity index (χ2v) is 6.26. The molecule has 2 rings (SSSR count). The molecule has 4 heteroatoms. The molecule has 1 saturated carbocycles. The van der Waals surface area contributed by atoms with E-state index in [1.807, 2.05) is 18.7 Å². The van der Waals surface area contributed by atoms with Crippen molar-refractivity contribution in [3.05, 3.63) is 0 Å². The Morgan fingerprint density at radius 1 is 1.32 bits per heavy atom. The molecule has 19 heavy (non-hydrogen) atoms. The summed E-state index contributed by atoms with van der Waals surface area (Å²) in [5, 5.41) is 2.86. The van der Waals surface area contributed by atoms with Crippen molar-refractivity contribution in [3.8, 4) is 0 Å². The van der Waals surface area contributed by atoms with Gasteiger partial charge in [0.25, 0.3) is 0 Å². The quantitative estimate of drug-likeness (QED) is 0.850. The van der Waals surface area contributed by atoms with Crippen molar-refractivity contribution >= 4 is 11.8 Å². The van der Waals surface area contributed by atoms with E-state index in [0.717, 1.165) is 12.8 Å². The smallest absolute Gasteiger partial charge is 0.248 e. The van der Waals surface area contributed by atoms with Crippen LogP contribution < -0.4 is 5.32 Å². The molecule has 0 spiro atoms. The molecule has 1 N–H and O–H groups in total. The highest BCUT2D eigenvalue weighted by Crippen LogP contribution is 2.32. The van der Waals surface area contributed by atoms with Gasteiger partial charge in [0.15, 0.2) is 0 Å². The Morgan fingerprint density at radius 3 is 2.68 bits per heavy atom. The maximum atomic E-state index is 12.6. The molecule has 108 valence electrons. The molecule has 0 aromatic rings. The molecular weight excluding hydrogens is 240 g/mol. The average molecular weight is 266 g/mol. The van der Waals surface area contributed by atoms with Crippen LogP contribution in [0.25, 0.3) is 0 Å². The molecule has 2 fully saturated rings. The fourth-order valence-electron chi connectivity index (χ4n) is 3.40. The van der Waals surface area contributed by atoms with Gasteiger partial charge in [-0.05, 0) is 32.1 Å². The second-order valence-electron chi connectivity index (χ2n) is 6.26. The summed E-state index contributed by atoms with van der Waals surface area (Å²) in [6, 6.07) is 0.267. The molecule has 2 amide bonds. The first-order chi connectivity index (χ1) is 9.00. The molecule has 2 aliphatic rings. The Labute approximate surface area is 115 Å². The average Bonchev–Trinajstić information content (AvgIpc) is 2.43. The number of nitrogens with zero attached hydrogens (tertiary/aromatic N) is 1. The highest BCUT2D eigenvalue weighted by atomic mass is 16.2. The minimum Gasteiger partial charge on any atom is -0.340 e. The molecular formula is C15H26N2O2. The van der Waals surface area contributed by atoms with E-state index in [0.29, 0.717) is 12.3 Å². The number of carbonyl (C=O) groups excluding carboxylic acids is 2. The number of nitrogens with one attached hydrogen (secondary N) is 1. The van der Waals surface area contributed by atoms with Crippen LogP contribution in [0.2, 0.25) is 0 Å². The van der Waals surface area contributed by atoms with Gasteiger partial charge in [-0.25, -0.2) is 0 Å². The summed E-state index contributed by atoms with van der Waals surface area (Å²) in [7, 11) is 0. The lowest BCUT2D eigenvalue weighted by molar-refractivity contribution is -0.152. The van der Waals surface area contributed by atoms with Crippen LogP contribution in [0.4, 0.5) is 0 Å². The maximum Gasteiger partial charge on any atom is 0.248 e. The topological polar surface area (TPSA) is 49.4 Å². The maximum absolute atomic E-state index is 12.6. The molecule has 0 bridgehead atoms. The third-order valence-electron chi connectivity index (χ3n) is 4.94. The first-order valence-corrected chi connectivity index (χ1v) is 7.62. The van der Waals surface area contributed by atoms with Crippen molar-refractivity contribution in [2.75, 3.05) is 6.54 Å². The van der Waals surface area contributed by atoms with E-state index in [1.165, 1.54) is 19.3 Å². The van der Waals surface area contributed by atoms with Crippen LogP contribution in [-0.2, 0) is 9.59 Å². The van der Waals surface area contributed by atoms with Crippen LogP contribution in [0.5, 0.6) is 0 Å². The van der Waals surface area contributed by atoms with Gasteiger partial charge >= 0.3 is 0 Å². The van der Waals surface area contributed by atoms with Crippen LogP contribution in [0.3, 0.4) is 0 Å². The molecule has 1 aliphatic heterocycles. The molecule has 1 aliphatic carbocycles. The highest BCUT2D eigenvalue weighted by Gasteiger charge is 2.44. The van der Waals surface area contributed by atoms with Crippen molar-refractivity contribution in [1.82, 2.24) is 10.2 Å². The molecule has 0 aromatic heterocycles. The van der Waals surface area contributed by atoms with Crippen molar-refractivity contribution in [3.63, 3.8) is 0 Å². The zero-order valence-corrected chi connectivity index (χ0v) is 12.4. The summed E-state index contributed by atoms with van der Waals surface area (Å²) >= 11 is 0. The first-order valence-electron chi connectivity index (χ1n) is 7.62. The summed E-state index contributed by atoms with van der Waals surface area (Å²) in [6.45, 7) is 6.26. The lowest BCUT2D eigenvalue weighted by Crippen LogP contribution is -2.67. The number of amides is 2. The fraction of sp³-hybridized carbons (Fsp3) is 0.867. The molecule has 0 aromatic carbocycles. The summed E-state index contributed by atoms with van der Waals surface area (Å²) in [4.78, 5) is 26.4. The Hall–Kier alpha value is -1.06. The monoisotopic (exact) mass is 266 g/mol. The Kier molecular flexibility index (Phi) is 4.16. The predicted molar refractivity (Wildman–Crippen MR) is 74.6 cm³/mol. The van der Waals surface area contributed by atoms with E-state index in [9.17, 15) is 9.59 Å². The Morgan fingerprint density at radius 2 is 2.05 bits per heavy atom. The van der Waals surface area contributed by atoms with Gasteiger partial charge in [-0.1, -0.05) is 33.1 Å². The van der Waals surface area contributed by atoms with Gasteiger partial charge < -0.3 is 10.2 Å². The number of carbonyl (C=O) groups is 2. The SMILES string of the molecule is CCC1CCCC(N2CC(=O)NC(C)(CC)C2=O)C1. The summed E-state index contributed by atoms with van der Waals surface area (Å²) in [5.74, 6) is 0.809. The highest BCUT2D eigenvalue weighted by molar-refractivity contribution is 5.97. The minimum absolute atomic E-state index is 0.0115. The normalized spacial score (nSPS) is 36.3. The summed E-state index contributed by atoms with van der Waals surface area (Å²) in [6.07, 6.45) is 6.39. The largest absolute Gasteiger partial charge is 0.340 e. The fourth-order valence-corrected chi connectivity index (χ4v) is 3.40. The van der Waals surface area contributed by atoms with E-state index in [2.05, 4.69) is 12.2 Å². The van der Waals surface area contributed by atoms with E-state index < -0.39 is 5.54 Å². The van der Waals surface area contributed by atoms with Crippen LogP contribution in [0.1, 0.15) is 59.3 Å². The van der Waals surface area contributed by atoms with Gasteiger partial charge in [0.05, 0.1) is 6.54 Å². The molecule has 1 heterocycles. The predicted octanol–water partition coefficient (Wildman–Crippen LogP) is 2.08. The minimum atomic E-state index is -0.700. The zero-order chi connectivity index (χ0) is 14.0. The van der Waals surface area contributed by atoms with E-state index >= 15 is 0 Å². The summed E-state index contributed by atoms with van der Waals surface area (Å²) in [5.41, 5.74) is -0.700. The third kappa shape index (κ3) is 2.77. The van der Waals surface area contributed by atoms with Gasteiger partial charge in [0, 0.05) is 6.04 Å². The third-order valence-corrected chi connectivity index (χ3v) is 4.94. The van der Waals surface area contributed by atoms with Crippen molar-refractivity contribution in [2.24, 2.45) is 5.92 Å². The van der Waals surface area contributed by atoms with E-state index in [1.54, 1.807) is 0 Å². The summed E-state index contributed by atoms with van der Waals surface area (Å²) < 4.78 is 0.